The predicted octanol–water partition coefficient (Wildman–Crippen LogP) is -8.50. The first-order valence-electron chi connectivity index (χ1n) is 14.1. The van der Waals surface area contributed by atoms with Gasteiger partial charge in [-0.3, -0.25) is 23.5 Å². The molecule has 6 N–H and O–H groups in total. The molecule has 2 saturated carbocycles. The number of phosphoric acid groups is 2. The van der Waals surface area contributed by atoms with Gasteiger partial charge in [0.15, 0.2) is 28.9 Å². The van der Waals surface area contributed by atoms with Crippen LogP contribution in [0.4, 0.5) is 11.8 Å². The van der Waals surface area contributed by atoms with E-state index < -0.39 is 88.5 Å². The summed E-state index contributed by atoms with van der Waals surface area (Å²) in [4.78, 5) is 61.8. The summed E-state index contributed by atoms with van der Waals surface area (Å²) in [6, 6.07) is 0. The Kier molecular flexibility index (Phi) is 10.1. The summed E-state index contributed by atoms with van der Waals surface area (Å²) < 4.78 is 62.4. The zero-order chi connectivity index (χ0) is 33.0. The van der Waals surface area contributed by atoms with Crippen LogP contribution in [0, 0.1) is 11.8 Å². The Labute approximate surface area is 319 Å². The molecule has 8 rings (SSSR count). The molecule has 4 aromatic rings. The summed E-state index contributed by atoms with van der Waals surface area (Å²) in [7, 11) is -9.23. The summed E-state index contributed by atoms with van der Waals surface area (Å²) in [6.07, 6.45) is -4.40. The number of rotatable bonds is 3. The van der Waals surface area contributed by atoms with E-state index in [-0.39, 0.29) is 99.6 Å². The molecule has 49 heavy (non-hydrogen) atoms. The molecule has 11 atom stereocenters. The first-order valence-corrected chi connectivity index (χ1v) is 17.1. The van der Waals surface area contributed by atoms with E-state index in [1.54, 1.807) is 4.57 Å². The van der Waals surface area contributed by atoms with Gasteiger partial charge in [0, 0.05) is 13.0 Å². The van der Waals surface area contributed by atoms with E-state index in [0.717, 1.165) is 6.33 Å². The summed E-state index contributed by atoms with van der Waals surface area (Å²) in [6.45, 7) is -1.35. The van der Waals surface area contributed by atoms with Crippen LogP contribution in [-0.2, 0) is 42.2 Å². The molecule has 2 aliphatic heterocycles. The first kappa shape index (κ1) is 37.4. The van der Waals surface area contributed by atoms with Gasteiger partial charge in [-0.05, 0) is 12.3 Å². The zero-order valence-electron chi connectivity index (χ0n) is 26.1. The van der Waals surface area contributed by atoms with Crippen LogP contribution in [-0.4, -0.2) is 95.0 Å². The van der Waals surface area contributed by atoms with Crippen LogP contribution in [0.3, 0.4) is 0 Å². The van der Waals surface area contributed by atoms with E-state index in [1.165, 1.54) is 24.3 Å². The van der Waals surface area contributed by atoms with Crippen LogP contribution in [0.25, 0.3) is 22.3 Å². The average Bonchev–Trinajstić information content (AvgIpc) is 3.30. The Hall–Kier alpha value is -1.40. The van der Waals surface area contributed by atoms with Crippen LogP contribution in [0.1, 0.15) is 12.6 Å². The molecule has 4 aliphatic rings. The maximum Gasteiger partial charge on any atom is 1.00 e. The van der Waals surface area contributed by atoms with E-state index in [1.807, 2.05) is 0 Å². The predicted molar refractivity (Wildman–Crippen MR) is 149 cm³/mol. The number of nitrogens with one attached hydrogen (secondary N) is 1. The van der Waals surface area contributed by atoms with Gasteiger partial charge >= 0.3 is 59.1 Å². The molecule has 22 nitrogen and oxygen atoms in total. The number of aromatic amines is 1. The average molecular weight is 742 g/mol. The van der Waals surface area contributed by atoms with Gasteiger partial charge in [0.05, 0.1) is 37.5 Å². The van der Waals surface area contributed by atoms with E-state index in [9.17, 15) is 28.8 Å². The molecule has 2 bridgehead atoms. The molecule has 4 aromatic heterocycles. The minimum atomic E-state index is -5.24. The molecular formula is C23H26N10Na2O12P2. The van der Waals surface area contributed by atoms with E-state index in [0.29, 0.717) is 0 Å². The van der Waals surface area contributed by atoms with Crippen molar-refractivity contribution in [3.8, 4) is 0 Å². The van der Waals surface area contributed by atoms with Crippen molar-refractivity contribution in [2.75, 3.05) is 31.8 Å². The maximum atomic E-state index is 13.4. The number of fused-ring (bicyclic) bond motifs is 7. The summed E-state index contributed by atoms with van der Waals surface area (Å²) in [5.41, 5.74) is 10.1. The Morgan fingerprint density at radius 2 is 1.71 bits per heavy atom. The number of methoxy groups -OCH3 is 1. The molecule has 26 heteroatoms. The van der Waals surface area contributed by atoms with Crippen LogP contribution >= 0.6 is 15.6 Å². The number of aliphatic hydroxyl groups excluding tert-OH is 1. The SMILES string of the molecule is CO[C@H]1[C@H]2OP(=O)([O-])OC[C@@H]3[C@@H](OP(=O)([O-])OC[C@H]1O[C@H]2n1cnc2c(=O)[nH]c(N)nc21)[C@@H](O)C1(n2cnc4c(N)ncnc42)C[C@@H]31.[Na+].[Na+]. The van der Waals surface area contributed by atoms with Crippen molar-refractivity contribution in [1.82, 2.24) is 39.0 Å². The van der Waals surface area contributed by atoms with Crippen LogP contribution in [0.5, 0.6) is 0 Å². The van der Waals surface area contributed by atoms with E-state index in [4.69, 9.17) is 39.0 Å². The third-order valence-electron chi connectivity index (χ3n) is 9.21. The third kappa shape index (κ3) is 6.07. The van der Waals surface area contributed by atoms with Gasteiger partial charge in [-0.2, -0.15) is 4.98 Å². The summed E-state index contributed by atoms with van der Waals surface area (Å²) in [5, 5.41) is 11.6. The summed E-state index contributed by atoms with van der Waals surface area (Å²) in [5.74, 6) is -1.69. The van der Waals surface area contributed by atoms with Crippen molar-refractivity contribution in [2.45, 2.75) is 48.7 Å². The standard InChI is InChI=1S/C23H28N10O12P2.2Na/c1-40-14-10-4-42-47(38,39)44-13-8(9-2-23(9,16(13)34)33-7-29-11-17(24)26-5-27-18(11)33)3-41-46(36,37)45-15(14)21(43-10)32-6-28-12-19(32)30-22(25)31-20(12)35;;/h5-10,13-16,21,34H,2-4H2,1H3,(H,36,37)(H,38,39)(H2,24,26,27)(H3,25,30,31,35);;/q;2*+1/p-2/t8-,9-,10+,13+,14+,15+,16+,21+,23?;;/m0../s1. The van der Waals surface area contributed by atoms with Crippen molar-refractivity contribution >= 4 is 49.7 Å². The molecule has 2 aliphatic carbocycles. The number of ether oxygens (including phenoxy) is 2. The molecule has 6 heterocycles. The van der Waals surface area contributed by atoms with Gasteiger partial charge in [-0.1, -0.05) is 0 Å². The third-order valence-corrected chi connectivity index (χ3v) is 11.1. The number of anilines is 2. The van der Waals surface area contributed by atoms with Crippen molar-refractivity contribution in [2.24, 2.45) is 11.8 Å². The van der Waals surface area contributed by atoms with E-state index >= 15 is 0 Å². The molecule has 0 aromatic carbocycles. The fraction of sp³-hybridized carbons (Fsp3) is 0.565. The number of imidazole rings is 2. The summed E-state index contributed by atoms with van der Waals surface area (Å²) >= 11 is 0. The number of H-pyrrole nitrogens is 1. The van der Waals surface area contributed by atoms with Gasteiger partial charge < -0.3 is 58.5 Å². The molecule has 2 saturated heterocycles. The number of hydrogen-bond donors (Lipinski definition) is 4. The van der Waals surface area contributed by atoms with E-state index in [2.05, 4.69) is 29.9 Å². The van der Waals surface area contributed by atoms with Gasteiger partial charge in [-0.15, -0.1) is 0 Å². The van der Waals surface area contributed by atoms with Crippen LogP contribution in [0.2, 0.25) is 0 Å². The molecule has 4 fully saturated rings. The second-order valence-electron chi connectivity index (χ2n) is 11.6. The quantitative estimate of drug-likeness (QED) is 0.112. The van der Waals surface area contributed by atoms with Gasteiger partial charge in [0.1, 0.15) is 36.3 Å². The molecule has 3 unspecified atom stereocenters. The van der Waals surface area contributed by atoms with Crippen molar-refractivity contribution < 1.29 is 111 Å². The monoisotopic (exact) mass is 742 g/mol. The number of aromatic nitrogens is 8. The van der Waals surface area contributed by atoms with Gasteiger partial charge in [0.2, 0.25) is 5.95 Å². The topological polar surface area (TPSA) is 315 Å². The largest absolute Gasteiger partial charge is 1.00 e. The minimum absolute atomic E-state index is 0. The molecule has 0 amide bonds. The number of nitrogens with two attached hydrogens (primary N) is 2. The van der Waals surface area contributed by atoms with Crippen molar-refractivity contribution in [1.29, 1.82) is 0 Å². The Morgan fingerprint density at radius 1 is 1.02 bits per heavy atom. The van der Waals surface area contributed by atoms with Crippen molar-refractivity contribution in [3.63, 3.8) is 0 Å². The van der Waals surface area contributed by atoms with Crippen molar-refractivity contribution in [3.05, 3.63) is 29.3 Å². The fourth-order valence-corrected chi connectivity index (χ4v) is 9.02. The Bertz CT molecular complexity index is 2070. The van der Waals surface area contributed by atoms with Gasteiger partial charge in [0.25, 0.3) is 21.2 Å². The smallest absolute Gasteiger partial charge is 0.756 e. The number of hydrogen-bond acceptors (Lipinski definition) is 19. The number of aliphatic hydroxyl groups is 1. The first-order chi connectivity index (χ1) is 22.3. The second-order valence-corrected chi connectivity index (χ2v) is 14.3. The molecule has 252 valence electrons. The maximum absolute atomic E-state index is 13.4. The molecule has 0 spiro atoms. The molecule has 0 radical (unpaired) electrons. The normalized spacial score (nSPS) is 38.8. The number of nitrogens with zero attached hydrogens (tertiary/aromatic N) is 7. The number of phosphoric ester groups is 2. The Balaban J connectivity index is 0.00000208. The number of nitrogen functional groups attached to an aromatic ring is 2. The fourth-order valence-electron chi connectivity index (χ4n) is 7.12. The zero-order valence-corrected chi connectivity index (χ0v) is 31.9. The van der Waals surface area contributed by atoms with Crippen LogP contribution in [0.15, 0.2) is 23.8 Å². The van der Waals surface area contributed by atoms with Gasteiger partial charge in [-0.25, -0.2) is 19.9 Å². The Morgan fingerprint density at radius 3 is 2.45 bits per heavy atom. The second kappa shape index (κ2) is 13.2. The molecular weight excluding hydrogens is 716 g/mol. The minimum Gasteiger partial charge on any atom is -0.756 e. The van der Waals surface area contributed by atoms with Crippen LogP contribution < -0.4 is 85.9 Å².